The Balaban J connectivity index is 2.36. The second kappa shape index (κ2) is 6.76. The Labute approximate surface area is 143 Å². The van der Waals surface area contributed by atoms with E-state index in [1.165, 1.54) is 19.2 Å². The maximum absolute atomic E-state index is 14.2. The van der Waals surface area contributed by atoms with Crippen LogP contribution in [-0.2, 0) is 4.74 Å². The summed E-state index contributed by atoms with van der Waals surface area (Å²) in [6.07, 6.45) is 2.32. The van der Waals surface area contributed by atoms with E-state index in [0.717, 1.165) is 0 Å². The fourth-order valence-electron chi connectivity index (χ4n) is 2.87. The quantitative estimate of drug-likeness (QED) is 0.524. The van der Waals surface area contributed by atoms with Gasteiger partial charge in [0.15, 0.2) is 17.9 Å². The molecule has 5 nitrogen and oxygen atoms in total. The third kappa shape index (κ3) is 2.76. The summed E-state index contributed by atoms with van der Waals surface area (Å²) in [5.74, 6) is -1.06. The van der Waals surface area contributed by atoms with Crippen LogP contribution in [0.5, 0.6) is 5.75 Å². The molecule has 0 unspecified atom stereocenters. The maximum atomic E-state index is 14.2. The number of hydrogen-bond donors (Lipinski definition) is 0. The summed E-state index contributed by atoms with van der Waals surface area (Å²) < 4.78 is 25.8. The number of rotatable bonds is 5. The monoisotopic (exact) mass is 341 g/mol. The lowest BCUT2D eigenvalue weighted by molar-refractivity contribution is 0.0529. The molecule has 0 aliphatic carbocycles. The van der Waals surface area contributed by atoms with E-state index in [0.29, 0.717) is 22.9 Å². The van der Waals surface area contributed by atoms with Crippen LogP contribution in [0.4, 0.5) is 4.39 Å². The van der Waals surface area contributed by atoms with E-state index in [4.69, 9.17) is 9.47 Å². The molecule has 0 N–H and O–H groups in total. The number of methoxy groups -OCH3 is 1. The minimum atomic E-state index is -0.582. The minimum Gasteiger partial charge on any atom is -0.494 e. The molecule has 3 aromatic rings. The summed E-state index contributed by atoms with van der Waals surface area (Å²) >= 11 is 0. The van der Waals surface area contributed by atoms with Gasteiger partial charge in [0.2, 0.25) is 0 Å². The fraction of sp³-hybridized carbons (Fsp3) is 0.158. The summed E-state index contributed by atoms with van der Waals surface area (Å²) in [5, 5.41) is 0. The first-order valence-electron chi connectivity index (χ1n) is 7.71. The van der Waals surface area contributed by atoms with Crippen LogP contribution in [0.3, 0.4) is 0 Å². The average Bonchev–Trinajstić information content (AvgIpc) is 2.96. The summed E-state index contributed by atoms with van der Waals surface area (Å²) in [6.45, 7) is 1.89. The maximum Gasteiger partial charge on any atom is 0.340 e. The first-order chi connectivity index (χ1) is 12.1. The molecule has 2 aromatic heterocycles. The van der Waals surface area contributed by atoms with Gasteiger partial charge in [-0.3, -0.25) is 4.79 Å². The molecule has 3 rings (SSSR count). The normalized spacial score (nSPS) is 10.7. The molecule has 0 aliphatic rings. The molecule has 0 atom stereocenters. The van der Waals surface area contributed by atoms with Crippen LogP contribution < -0.4 is 4.74 Å². The number of carbonyl (C=O) groups is 2. The SMILES string of the molecule is CCOC(=O)c1c(-c2ccc(OC)c(F)c2)c(C=O)n2ccccc12. The zero-order valence-electron chi connectivity index (χ0n) is 13.8. The van der Waals surface area contributed by atoms with Gasteiger partial charge >= 0.3 is 5.97 Å². The second-order valence-corrected chi connectivity index (χ2v) is 5.28. The van der Waals surface area contributed by atoms with Crippen molar-refractivity contribution in [1.82, 2.24) is 4.40 Å². The Morgan fingerprint density at radius 1 is 1.28 bits per heavy atom. The molecule has 2 heterocycles. The number of ether oxygens (including phenoxy) is 2. The average molecular weight is 341 g/mol. The molecule has 0 amide bonds. The summed E-state index contributed by atoms with van der Waals surface area (Å²) in [4.78, 5) is 24.2. The van der Waals surface area contributed by atoms with E-state index in [-0.39, 0.29) is 23.6 Å². The highest BCUT2D eigenvalue weighted by Crippen LogP contribution is 2.35. The van der Waals surface area contributed by atoms with Gasteiger partial charge in [0.25, 0.3) is 0 Å². The lowest BCUT2D eigenvalue weighted by Gasteiger charge is -2.08. The van der Waals surface area contributed by atoms with Crippen LogP contribution in [0.25, 0.3) is 16.6 Å². The summed E-state index contributed by atoms with van der Waals surface area (Å²) in [5.41, 5.74) is 1.74. The van der Waals surface area contributed by atoms with Gasteiger partial charge < -0.3 is 13.9 Å². The minimum absolute atomic E-state index is 0.0813. The summed E-state index contributed by atoms with van der Waals surface area (Å²) in [7, 11) is 1.37. The molecule has 0 aliphatic heterocycles. The number of aldehydes is 1. The highest BCUT2D eigenvalue weighted by Gasteiger charge is 2.25. The van der Waals surface area contributed by atoms with E-state index < -0.39 is 11.8 Å². The number of fused-ring (bicyclic) bond motifs is 1. The van der Waals surface area contributed by atoms with Crippen LogP contribution in [-0.4, -0.2) is 30.4 Å². The van der Waals surface area contributed by atoms with Crippen molar-refractivity contribution >= 4 is 17.8 Å². The van der Waals surface area contributed by atoms with E-state index >= 15 is 0 Å². The number of pyridine rings is 1. The molecule has 0 saturated heterocycles. The number of aromatic nitrogens is 1. The smallest absolute Gasteiger partial charge is 0.340 e. The standard InChI is InChI=1S/C19H16FNO4/c1-3-25-19(23)18-14-6-4-5-9-21(14)15(11-22)17(18)12-7-8-16(24-2)13(20)10-12/h4-11H,3H2,1-2H3. The van der Waals surface area contributed by atoms with Crippen molar-refractivity contribution < 1.29 is 23.5 Å². The van der Waals surface area contributed by atoms with E-state index in [1.807, 2.05) is 0 Å². The van der Waals surface area contributed by atoms with E-state index in [2.05, 4.69) is 0 Å². The number of nitrogens with zero attached hydrogens (tertiary/aromatic N) is 1. The van der Waals surface area contributed by atoms with Crippen molar-refractivity contribution in [1.29, 1.82) is 0 Å². The first kappa shape index (κ1) is 16.7. The Kier molecular flexibility index (Phi) is 4.52. The summed E-state index contributed by atoms with van der Waals surface area (Å²) in [6, 6.07) is 9.51. The third-order valence-corrected chi connectivity index (χ3v) is 3.91. The van der Waals surface area contributed by atoms with Crippen molar-refractivity contribution in [3.8, 4) is 16.9 Å². The fourth-order valence-corrected chi connectivity index (χ4v) is 2.87. The highest BCUT2D eigenvalue weighted by atomic mass is 19.1. The molecule has 25 heavy (non-hydrogen) atoms. The van der Waals surface area contributed by atoms with Gasteiger partial charge in [-0.2, -0.15) is 0 Å². The largest absolute Gasteiger partial charge is 0.494 e. The molecule has 0 saturated carbocycles. The molecule has 0 radical (unpaired) electrons. The van der Waals surface area contributed by atoms with Crippen molar-refractivity contribution in [2.75, 3.05) is 13.7 Å². The number of esters is 1. The van der Waals surface area contributed by atoms with Crippen molar-refractivity contribution in [2.45, 2.75) is 6.92 Å². The number of benzene rings is 1. The van der Waals surface area contributed by atoms with Gasteiger partial charge in [-0.1, -0.05) is 12.1 Å². The Hall–Kier alpha value is -3.15. The topological polar surface area (TPSA) is 57.0 Å². The first-order valence-corrected chi connectivity index (χ1v) is 7.71. The van der Waals surface area contributed by atoms with Crippen molar-refractivity contribution in [3.05, 3.63) is 59.7 Å². The van der Waals surface area contributed by atoms with Crippen LogP contribution in [0.15, 0.2) is 42.6 Å². The Morgan fingerprint density at radius 2 is 2.08 bits per heavy atom. The molecule has 1 aromatic carbocycles. The van der Waals surface area contributed by atoms with Crippen LogP contribution >= 0.6 is 0 Å². The van der Waals surface area contributed by atoms with Gasteiger partial charge in [0.1, 0.15) is 0 Å². The third-order valence-electron chi connectivity index (χ3n) is 3.91. The predicted molar refractivity (Wildman–Crippen MR) is 90.7 cm³/mol. The van der Waals surface area contributed by atoms with Crippen LogP contribution in [0.2, 0.25) is 0 Å². The Morgan fingerprint density at radius 3 is 2.72 bits per heavy atom. The van der Waals surface area contributed by atoms with Crippen LogP contribution in [0, 0.1) is 5.82 Å². The zero-order chi connectivity index (χ0) is 18.0. The lowest BCUT2D eigenvalue weighted by Crippen LogP contribution is -2.06. The van der Waals surface area contributed by atoms with Crippen molar-refractivity contribution in [2.24, 2.45) is 0 Å². The number of halogens is 1. The predicted octanol–water partition coefficient (Wildman–Crippen LogP) is 3.74. The van der Waals surface area contributed by atoms with Crippen molar-refractivity contribution in [3.63, 3.8) is 0 Å². The molecule has 6 heteroatoms. The molecule has 128 valence electrons. The van der Waals surface area contributed by atoms with Gasteiger partial charge in [-0.25, -0.2) is 9.18 Å². The van der Waals surface area contributed by atoms with E-state index in [9.17, 15) is 14.0 Å². The van der Waals surface area contributed by atoms with Gasteiger partial charge in [0, 0.05) is 11.8 Å². The van der Waals surface area contributed by atoms with Crippen LogP contribution in [0.1, 0.15) is 27.8 Å². The second-order valence-electron chi connectivity index (χ2n) is 5.28. The lowest BCUT2D eigenvalue weighted by atomic mass is 10.0. The van der Waals surface area contributed by atoms with Gasteiger partial charge in [-0.05, 0) is 36.8 Å². The zero-order valence-corrected chi connectivity index (χ0v) is 13.8. The number of hydrogen-bond acceptors (Lipinski definition) is 4. The molecular formula is C19H16FNO4. The Bertz CT molecular complexity index is 961. The van der Waals surface area contributed by atoms with Gasteiger partial charge in [-0.15, -0.1) is 0 Å². The van der Waals surface area contributed by atoms with Gasteiger partial charge in [0.05, 0.1) is 30.5 Å². The molecule has 0 spiro atoms. The van der Waals surface area contributed by atoms with E-state index in [1.54, 1.807) is 41.8 Å². The molecule has 0 bridgehead atoms. The molecular weight excluding hydrogens is 325 g/mol. The number of carbonyl (C=O) groups excluding carboxylic acids is 2. The highest BCUT2D eigenvalue weighted by molar-refractivity contribution is 6.09. The molecule has 0 fully saturated rings.